The first-order valence-corrected chi connectivity index (χ1v) is 5.70. The highest BCUT2D eigenvalue weighted by Crippen LogP contribution is 2.28. The molecule has 2 aromatic rings. The van der Waals surface area contributed by atoms with Crippen LogP contribution < -0.4 is 10.5 Å². The first-order chi connectivity index (χ1) is 8.26. The van der Waals surface area contributed by atoms with Crippen molar-refractivity contribution >= 4 is 0 Å². The quantitative estimate of drug-likeness (QED) is 0.849. The van der Waals surface area contributed by atoms with Gasteiger partial charge in [0.05, 0.1) is 25.0 Å². The van der Waals surface area contributed by atoms with Crippen LogP contribution in [0.25, 0.3) is 11.3 Å². The summed E-state index contributed by atoms with van der Waals surface area (Å²) in [5.74, 6) is 1.64. The van der Waals surface area contributed by atoms with E-state index < -0.39 is 0 Å². The van der Waals surface area contributed by atoms with Crippen LogP contribution in [-0.2, 0) is 0 Å². The summed E-state index contributed by atoms with van der Waals surface area (Å²) in [5.41, 5.74) is 7.86. The zero-order valence-electron chi connectivity index (χ0n) is 10.1. The Hall–Kier alpha value is -1.81. The topological polar surface area (TPSA) is 63.9 Å². The highest BCUT2D eigenvalue weighted by molar-refractivity contribution is 5.66. The van der Waals surface area contributed by atoms with Gasteiger partial charge >= 0.3 is 0 Å². The SMILES string of the molecule is CCC(N)c1ncc(-c2ccccc2OC)[nH]1. The summed E-state index contributed by atoms with van der Waals surface area (Å²) in [6.07, 6.45) is 2.65. The molecule has 1 aromatic carbocycles. The molecule has 0 fully saturated rings. The molecular weight excluding hydrogens is 214 g/mol. The fourth-order valence-corrected chi connectivity index (χ4v) is 1.72. The zero-order chi connectivity index (χ0) is 12.3. The number of H-pyrrole nitrogens is 1. The number of hydrogen-bond donors (Lipinski definition) is 2. The number of imidazole rings is 1. The monoisotopic (exact) mass is 231 g/mol. The summed E-state index contributed by atoms with van der Waals surface area (Å²) in [6.45, 7) is 2.04. The van der Waals surface area contributed by atoms with Crippen molar-refractivity contribution in [3.05, 3.63) is 36.3 Å². The van der Waals surface area contributed by atoms with E-state index in [0.29, 0.717) is 0 Å². The van der Waals surface area contributed by atoms with Crippen LogP contribution in [0, 0.1) is 0 Å². The van der Waals surface area contributed by atoms with Gasteiger partial charge in [-0.2, -0.15) is 0 Å². The van der Waals surface area contributed by atoms with Gasteiger partial charge in [-0.3, -0.25) is 0 Å². The van der Waals surface area contributed by atoms with Crippen LogP contribution in [0.5, 0.6) is 5.75 Å². The summed E-state index contributed by atoms with van der Waals surface area (Å²) in [6, 6.07) is 7.79. The normalized spacial score (nSPS) is 12.4. The maximum Gasteiger partial charge on any atom is 0.128 e. The molecule has 0 aliphatic carbocycles. The highest BCUT2D eigenvalue weighted by atomic mass is 16.5. The molecule has 0 saturated carbocycles. The standard InChI is InChI=1S/C13H17N3O/c1-3-10(14)13-15-8-11(16-13)9-6-4-5-7-12(9)17-2/h4-8,10H,3,14H2,1-2H3,(H,15,16). The summed E-state index contributed by atoms with van der Waals surface area (Å²) < 4.78 is 5.32. The van der Waals surface area contributed by atoms with Crippen molar-refractivity contribution in [1.29, 1.82) is 0 Å². The molecule has 1 aromatic heterocycles. The van der Waals surface area contributed by atoms with Gasteiger partial charge in [-0.1, -0.05) is 19.1 Å². The second kappa shape index (κ2) is 5.01. The maximum absolute atomic E-state index is 5.93. The van der Waals surface area contributed by atoms with Crippen LogP contribution in [0.1, 0.15) is 25.2 Å². The van der Waals surface area contributed by atoms with Gasteiger partial charge in [-0.15, -0.1) is 0 Å². The number of aromatic amines is 1. The minimum Gasteiger partial charge on any atom is -0.496 e. The number of benzene rings is 1. The summed E-state index contributed by atoms with van der Waals surface area (Å²) in [7, 11) is 1.66. The van der Waals surface area contributed by atoms with Crippen LogP contribution in [-0.4, -0.2) is 17.1 Å². The van der Waals surface area contributed by atoms with Crippen molar-refractivity contribution in [2.75, 3.05) is 7.11 Å². The smallest absolute Gasteiger partial charge is 0.128 e. The number of nitrogens with zero attached hydrogens (tertiary/aromatic N) is 1. The van der Waals surface area contributed by atoms with E-state index in [1.165, 1.54) is 0 Å². The second-order valence-corrected chi connectivity index (χ2v) is 3.90. The van der Waals surface area contributed by atoms with Gasteiger partial charge in [-0.25, -0.2) is 4.98 Å². The van der Waals surface area contributed by atoms with Crippen LogP contribution >= 0.6 is 0 Å². The van der Waals surface area contributed by atoms with E-state index in [0.717, 1.165) is 29.3 Å². The lowest BCUT2D eigenvalue weighted by molar-refractivity contribution is 0.416. The van der Waals surface area contributed by atoms with Crippen LogP contribution in [0.2, 0.25) is 0 Å². The lowest BCUT2D eigenvalue weighted by Gasteiger charge is -2.06. The van der Waals surface area contributed by atoms with Gasteiger partial charge < -0.3 is 15.5 Å². The largest absolute Gasteiger partial charge is 0.496 e. The Morgan fingerprint density at radius 2 is 2.18 bits per heavy atom. The van der Waals surface area contributed by atoms with Crippen molar-refractivity contribution in [3.8, 4) is 17.0 Å². The van der Waals surface area contributed by atoms with Crippen molar-refractivity contribution in [3.63, 3.8) is 0 Å². The van der Waals surface area contributed by atoms with E-state index >= 15 is 0 Å². The van der Waals surface area contributed by atoms with Crippen molar-refractivity contribution < 1.29 is 4.74 Å². The predicted octanol–water partition coefficient (Wildman–Crippen LogP) is 2.50. The summed E-state index contributed by atoms with van der Waals surface area (Å²) in [5, 5.41) is 0. The van der Waals surface area contributed by atoms with Crippen LogP contribution in [0.15, 0.2) is 30.5 Å². The molecule has 3 N–H and O–H groups in total. The Morgan fingerprint density at radius 1 is 1.41 bits per heavy atom. The molecule has 0 aliphatic heterocycles. The van der Waals surface area contributed by atoms with Gasteiger partial charge in [-0.05, 0) is 18.6 Å². The van der Waals surface area contributed by atoms with E-state index in [1.54, 1.807) is 13.3 Å². The number of methoxy groups -OCH3 is 1. The number of hydrogen-bond acceptors (Lipinski definition) is 3. The van der Waals surface area contributed by atoms with E-state index in [-0.39, 0.29) is 6.04 Å². The van der Waals surface area contributed by atoms with Crippen LogP contribution in [0.4, 0.5) is 0 Å². The van der Waals surface area contributed by atoms with Gasteiger partial charge in [0, 0.05) is 5.56 Å². The molecule has 0 aliphatic rings. The van der Waals surface area contributed by atoms with Gasteiger partial charge in [0.25, 0.3) is 0 Å². The van der Waals surface area contributed by atoms with Gasteiger partial charge in [0.1, 0.15) is 11.6 Å². The third kappa shape index (κ3) is 2.31. The average molecular weight is 231 g/mol. The van der Waals surface area contributed by atoms with Crippen molar-refractivity contribution in [1.82, 2.24) is 9.97 Å². The van der Waals surface area contributed by atoms with E-state index in [9.17, 15) is 0 Å². The molecular formula is C13H17N3O. The average Bonchev–Trinajstić information content (AvgIpc) is 2.87. The minimum absolute atomic E-state index is 0.0431. The Bertz CT molecular complexity index is 493. The Morgan fingerprint density at radius 3 is 2.88 bits per heavy atom. The first-order valence-electron chi connectivity index (χ1n) is 5.70. The van der Waals surface area contributed by atoms with E-state index in [4.69, 9.17) is 10.5 Å². The Labute approximate surface area is 101 Å². The van der Waals surface area contributed by atoms with Crippen molar-refractivity contribution in [2.45, 2.75) is 19.4 Å². The third-order valence-electron chi connectivity index (χ3n) is 2.78. The Balaban J connectivity index is 2.37. The minimum atomic E-state index is -0.0431. The molecule has 0 saturated heterocycles. The number of nitrogens with two attached hydrogens (primary N) is 1. The van der Waals surface area contributed by atoms with Gasteiger partial charge in [0.2, 0.25) is 0 Å². The zero-order valence-corrected chi connectivity index (χ0v) is 10.1. The fourth-order valence-electron chi connectivity index (χ4n) is 1.72. The van der Waals surface area contributed by atoms with Crippen LogP contribution in [0.3, 0.4) is 0 Å². The molecule has 17 heavy (non-hydrogen) atoms. The summed E-state index contributed by atoms with van der Waals surface area (Å²) >= 11 is 0. The lowest BCUT2D eigenvalue weighted by atomic mass is 10.1. The molecule has 0 bridgehead atoms. The van der Waals surface area contributed by atoms with Crippen molar-refractivity contribution in [2.24, 2.45) is 5.73 Å². The molecule has 4 nitrogen and oxygen atoms in total. The number of rotatable bonds is 4. The van der Waals surface area contributed by atoms with E-state index in [2.05, 4.69) is 9.97 Å². The number of para-hydroxylation sites is 1. The van der Waals surface area contributed by atoms with Gasteiger partial charge in [0.15, 0.2) is 0 Å². The predicted molar refractivity (Wildman–Crippen MR) is 67.8 cm³/mol. The van der Waals surface area contributed by atoms with E-state index in [1.807, 2.05) is 31.2 Å². The molecule has 0 radical (unpaired) electrons. The molecule has 90 valence electrons. The lowest BCUT2D eigenvalue weighted by Crippen LogP contribution is -2.10. The Kier molecular flexibility index (Phi) is 3.44. The fraction of sp³-hybridized carbons (Fsp3) is 0.308. The third-order valence-corrected chi connectivity index (χ3v) is 2.78. The molecule has 1 atom stereocenters. The molecule has 1 unspecified atom stereocenters. The maximum atomic E-state index is 5.93. The number of ether oxygens (including phenoxy) is 1. The molecule has 0 spiro atoms. The number of nitrogens with one attached hydrogen (secondary N) is 1. The molecule has 2 rings (SSSR count). The summed E-state index contributed by atoms with van der Waals surface area (Å²) in [4.78, 5) is 7.54. The highest BCUT2D eigenvalue weighted by Gasteiger charge is 2.11. The molecule has 1 heterocycles. The molecule has 4 heteroatoms. The first kappa shape index (κ1) is 11.7. The molecule has 0 amide bonds. The number of aromatic nitrogens is 2. The second-order valence-electron chi connectivity index (χ2n) is 3.90.